The van der Waals surface area contributed by atoms with Crippen LogP contribution >= 0.6 is 0 Å². The van der Waals surface area contributed by atoms with E-state index >= 15 is 0 Å². The molecule has 0 unspecified atom stereocenters. The molecule has 0 spiro atoms. The van der Waals surface area contributed by atoms with Crippen molar-refractivity contribution in [2.24, 2.45) is 11.8 Å². The van der Waals surface area contributed by atoms with Gasteiger partial charge in [0.25, 0.3) is 5.56 Å². The van der Waals surface area contributed by atoms with Crippen LogP contribution < -0.4 is 10.3 Å². The molecule has 41 heavy (non-hydrogen) atoms. The molecule has 216 valence electrons. The number of ether oxygens (including phenoxy) is 5. The summed E-state index contributed by atoms with van der Waals surface area (Å²) >= 11 is 0. The standard InChI is InChI=1S/C30H32N2O9/c1-6-30(41-29(36)39-14-17(4)5)22-11-24-25-19(12-32(24)26(33)21(22)15-37-27(30)34)9-18-10-20(7-8-23(18)31-25)40-28(35)38-13-16(2)3/h7-11,16-17H,6,12-15H2,1-5H3/t30-/m0/s1. The number of hydrogen-bond donors (Lipinski definition) is 0. The second-order valence-electron chi connectivity index (χ2n) is 11.0. The molecular formula is C30H32N2O9. The molecule has 0 radical (unpaired) electrons. The quantitative estimate of drug-likeness (QED) is 0.170. The molecule has 3 aromatic rings. The molecule has 0 bridgehead atoms. The number of nitrogens with zero attached hydrogens (tertiary/aromatic N) is 2. The van der Waals surface area contributed by atoms with Gasteiger partial charge in [-0.25, -0.2) is 19.4 Å². The average molecular weight is 565 g/mol. The number of aromatic nitrogens is 2. The fourth-order valence-corrected chi connectivity index (χ4v) is 4.95. The van der Waals surface area contributed by atoms with Gasteiger partial charge in [0.2, 0.25) is 5.60 Å². The first-order valence-electron chi connectivity index (χ1n) is 13.6. The number of carbonyl (C=O) groups excluding carboxylic acids is 3. The molecule has 0 fully saturated rings. The van der Waals surface area contributed by atoms with E-state index in [4.69, 9.17) is 28.7 Å². The normalized spacial score (nSPS) is 17.1. The van der Waals surface area contributed by atoms with Crippen molar-refractivity contribution in [2.45, 2.75) is 59.8 Å². The Morgan fingerprint density at radius 2 is 1.73 bits per heavy atom. The van der Waals surface area contributed by atoms with Crippen LogP contribution in [0.15, 0.2) is 35.1 Å². The van der Waals surface area contributed by atoms with Crippen LogP contribution in [0.3, 0.4) is 0 Å². The van der Waals surface area contributed by atoms with Crippen molar-refractivity contribution in [3.05, 3.63) is 57.4 Å². The lowest BCUT2D eigenvalue weighted by molar-refractivity contribution is -0.175. The van der Waals surface area contributed by atoms with E-state index in [0.717, 1.165) is 5.56 Å². The molecule has 2 aliphatic heterocycles. The summed E-state index contributed by atoms with van der Waals surface area (Å²) in [6, 6.07) is 8.57. The maximum Gasteiger partial charge on any atom is 0.513 e. The zero-order valence-corrected chi connectivity index (χ0v) is 23.6. The number of benzene rings is 1. The van der Waals surface area contributed by atoms with Crippen LogP contribution in [0.5, 0.6) is 5.75 Å². The highest BCUT2D eigenvalue weighted by Crippen LogP contribution is 2.41. The van der Waals surface area contributed by atoms with Crippen LogP contribution in [0.25, 0.3) is 22.3 Å². The molecule has 2 aliphatic rings. The molecule has 0 saturated heterocycles. The minimum Gasteiger partial charge on any atom is -0.457 e. The van der Waals surface area contributed by atoms with E-state index in [1.165, 1.54) is 0 Å². The molecule has 5 rings (SSSR count). The minimum atomic E-state index is -1.83. The van der Waals surface area contributed by atoms with Gasteiger partial charge < -0.3 is 28.3 Å². The van der Waals surface area contributed by atoms with Crippen molar-refractivity contribution in [1.29, 1.82) is 0 Å². The lowest BCUT2D eigenvalue weighted by Gasteiger charge is -2.35. The predicted octanol–water partition coefficient (Wildman–Crippen LogP) is 5.07. The Bertz CT molecular complexity index is 1610. The lowest BCUT2D eigenvalue weighted by Crippen LogP contribution is -2.47. The smallest absolute Gasteiger partial charge is 0.457 e. The largest absolute Gasteiger partial charge is 0.513 e. The second kappa shape index (κ2) is 10.9. The Morgan fingerprint density at radius 3 is 2.41 bits per heavy atom. The highest BCUT2D eigenvalue weighted by molar-refractivity contribution is 5.88. The third-order valence-corrected chi connectivity index (χ3v) is 6.97. The monoisotopic (exact) mass is 564 g/mol. The lowest BCUT2D eigenvalue weighted by atomic mass is 9.85. The second-order valence-corrected chi connectivity index (χ2v) is 11.0. The van der Waals surface area contributed by atoms with Crippen LogP contribution in [0.2, 0.25) is 0 Å². The predicted molar refractivity (Wildman–Crippen MR) is 146 cm³/mol. The van der Waals surface area contributed by atoms with Gasteiger partial charge in [-0.15, -0.1) is 0 Å². The summed E-state index contributed by atoms with van der Waals surface area (Å²) < 4.78 is 28.1. The number of pyridine rings is 2. The Kier molecular flexibility index (Phi) is 7.46. The Labute approximate surface area is 236 Å². The summed E-state index contributed by atoms with van der Waals surface area (Å²) in [4.78, 5) is 56.1. The number of esters is 1. The van der Waals surface area contributed by atoms with Crippen molar-refractivity contribution in [3.63, 3.8) is 0 Å². The first-order chi connectivity index (χ1) is 19.5. The van der Waals surface area contributed by atoms with Gasteiger partial charge in [-0.3, -0.25) is 4.79 Å². The Morgan fingerprint density at radius 1 is 1.02 bits per heavy atom. The van der Waals surface area contributed by atoms with E-state index in [-0.39, 0.29) is 61.3 Å². The summed E-state index contributed by atoms with van der Waals surface area (Å²) in [6.45, 7) is 9.65. The topological polar surface area (TPSA) is 132 Å². The van der Waals surface area contributed by atoms with Gasteiger partial charge in [-0.05, 0) is 48.6 Å². The summed E-state index contributed by atoms with van der Waals surface area (Å²) in [5, 5.41) is 0.709. The molecule has 0 N–H and O–H groups in total. The van der Waals surface area contributed by atoms with Gasteiger partial charge >= 0.3 is 18.3 Å². The molecule has 11 nitrogen and oxygen atoms in total. The average Bonchev–Trinajstić information content (AvgIpc) is 3.29. The molecule has 0 amide bonds. The summed E-state index contributed by atoms with van der Waals surface area (Å²) in [5.41, 5.74) is 0.756. The first kappa shape index (κ1) is 28.1. The van der Waals surface area contributed by atoms with E-state index in [1.807, 2.05) is 33.8 Å². The Hall–Kier alpha value is -4.41. The fraction of sp³-hybridized carbons (Fsp3) is 0.433. The van der Waals surface area contributed by atoms with Gasteiger partial charge in [0.05, 0.1) is 42.2 Å². The third kappa shape index (κ3) is 5.23. The van der Waals surface area contributed by atoms with E-state index in [9.17, 15) is 19.2 Å². The van der Waals surface area contributed by atoms with E-state index in [1.54, 1.807) is 35.8 Å². The van der Waals surface area contributed by atoms with Gasteiger partial charge in [-0.1, -0.05) is 34.6 Å². The van der Waals surface area contributed by atoms with E-state index in [0.29, 0.717) is 28.0 Å². The van der Waals surface area contributed by atoms with E-state index in [2.05, 4.69) is 0 Å². The summed E-state index contributed by atoms with van der Waals surface area (Å²) in [6.07, 6.45) is -1.76. The highest BCUT2D eigenvalue weighted by Gasteiger charge is 2.51. The summed E-state index contributed by atoms with van der Waals surface area (Å²) in [5.74, 6) is -0.208. The van der Waals surface area contributed by atoms with Gasteiger partial charge in [0.15, 0.2) is 0 Å². The van der Waals surface area contributed by atoms with Crippen molar-refractivity contribution in [3.8, 4) is 17.1 Å². The SMILES string of the molecule is CC[C@@]1(OC(=O)OCC(C)C)C(=O)OCc2c1cc1n(c2=O)Cc2cc3cc(OC(=O)OCC(C)C)ccc3nc2-1. The van der Waals surface area contributed by atoms with Crippen LogP contribution in [0, 0.1) is 11.8 Å². The fourth-order valence-electron chi connectivity index (χ4n) is 4.95. The van der Waals surface area contributed by atoms with Gasteiger partial charge in [-0.2, -0.15) is 0 Å². The molecule has 2 aromatic heterocycles. The van der Waals surface area contributed by atoms with Crippen LogP contribution in [0.1, 0.15) is 57.7 Å². The molecule has 1 atom stereocenters. The highest BCUT2D eigenvalue weighted by atomic mass is 16.7. The first-order valence-corrected chi connectivity index (χ1v) is 13.6. The number of cyclic esters (lactones) is 1. The Balaban J connectivity index is 1.52. The van der Waals surface area contributed by atoms with Crippen molar-refractivity contribution in [1.82, 2.24) is 9.55 Å². The molecule has 1 aromatic carbocycles. The molecular weight excluding hydrogens is 532 g/mol. The van der Waals surface area contributed by atoms with Gasteiger partial charge in [0, 0.05) is 16.5 Å². The maximum absolute atomic E-state index is 13.7. The minimum absolute atomic E-state index is 0.0406. The molecule has 0 saturated carbocycles. The van der Waals surface area contributed by atoms with Crippen LogP contribution in [-0.2, 0) is 42.5 Å². The van der Waals surface area contributed by atoms with E-state index < -0.39 is 23.9 Å². The summed E-state index contributed by atoms with van der Waals surface area (Å²) in [7, 11) is 0. The number of rotatable bonds is 7. The number of hydrogen-bond acceptors (Lipinski definition) is 10. The zero-order chi connectivity index (χ0) is 29.5. The molecule has 11 heteroatoms. The van der Waals surface area contributed by atoms with Crippen LogP contribution in [0.4, 0.5) is 9.59 Å². The van der Waals surface area contributed by atoms with Crippen molar-refractivity contribution >= 4 is 29.2 Å². The maximum atomic E-state index is 13.7. The third-order valence-electron chi connectivity index (χ3n) is 6.97. The van der Waals surface area contributed by atoms with Crippen molar-refractivity contribution in [2.75, 3.05) is 13.2 Å². The number of fused-ring (bicyclic) bond motifs is 5. The number of carbonyl (C=O) groups is 3. The van der Waals surface area contributed by atoms with Gasteiger partial charge in [0.1, 0.15) is 12.4 Å². The molecule has 0 aliphatic carbocycles. The molecule has 4 heterocycles. The van der Waals surface area contributed by atoms with Crippen LogP contribution in [-0.4, -0.2) is 41.0 Å². The zero-order valence-electron chi connectivity index (χ0n) is 23.6. The van der Waals surface area contributed by atoms with Crippen molar-refractivity contribution < 1.29 is 38.1 Å².